The maximum absolute atomic E-state index is 12.9. The summed E-state index contributed by atoms with van der Waals surface area (Å²) in [6, 6.07) is 4.10. The molecule has 0 spiro atoms. The Morgan fingerprint density at radius 2 is 1.69 bits per heavy atom. The smallest absolute Gasteiger partial charge is 0.243 e. The van der Waals surface area contributed by atoms with E-state index in [4.69, 9.17) is 10.5 Å². The molecule has 0 aliphatic rings. The zero-order valence-corrected chi connectivity index (χ0v) is 17.9. The van der Waals surface area contributed by atoms with Gasteiger partial charge in [0.2, 0.25) is 20.0 Å². The highest BCUT2D eigenvalue weighted by Crippen LogP contribution is 2.29. The molecule has 0 aromatic heterocycles. The molecular weight excluding hydrogens is 402 g/mol. The number of nitrogens with one attached hydrogen (secondary N) is 2. The van der Waals surface area contributed by atoms with E-state index in [1.807, 2.05) is 13.8 Å². The zero-order chi connectivity index (χ0) is 19.3. The molecule has 1 aromatic rings. The molecule has 0 aliphatic heterocycles. The number of benzene rings is 1. The van der Waals surface area contributed by atoms with Gasteiger partial charge in [0.05, 0.1) is 18.6 Å². The lowest BCUT2D eigenvalue weighted by Gasteiger charge is -2.31. The number of nitrogens with two attached hydrogens (primary N) is 1. The van der Waals surface area contributed by atoms with Crippen LogP contribution in [0, 0.1) is 0 Å². The van der Waals surface area contributed by atoms with Crippen LogP contribution in [0.25, 0.3) is 0 Å². The lowest BCUT2D eigenvalue weighted by molar-refractivity contribution is 0.363. The summed E-state index contributed by atoms with van der Waals surface area (Å²) in [4.78, 5) is -0.176. The molecule has 0 radical (unpaired) electrons. The van der Waals surface area contributed by atoms with Gasteiger partial charge in [-0.15, -0.1) is 12.4 Å². The Balaban J connectivity index is 0.00000625. The molecule has 11 heteroatoms. The molecule has 26 heavy (non-hydrogen) atoms. The van der Waals surface area contributed by atoms with Gasteiger partial charge in [-0.05, 0) is 31.9 Å². The Morgan fingerprint density at radius 3 is 2.12 bits per heavy atom. The van der Waals surface area contributed by atoms with Crippen molar-refractivity contribution >= 4 is 38.1 Å². The average molecular weight is 430 g/mol. The summed E-state index contributed by atoms with van der Waals surface area (Å²) < 4.78 is 59.6. The fourth-order valence-electron chi connectivity index (χ4n) is 2.25. The SMILES string of the molecule is CCC(CC)(CN)NS(=O)(=O)c1ccc(OC)cc1NS(=O)(=O)CC.Cl. The van der Waals surface area contributed by atoms with Gasteiger partial charge in [-0.25, -0.2) is 21.6 Å². The standard InChI is InChI=1S/C15H27N3O5S2.ClH/c1-5-15(6-2,11-16)18-25(21,22)14-9-8-12(23-4)10-13(14)17-24(19,20)7-3;/h8-10,17-18H,5-7,11,16H2,1-4H3;1H. The summed E-state index contributed by atoms with van der Waals surface area (Å²) >= 11 is 0. The molecule has 0 fully saturated rings. The van der Waals surface area contributed by atoms with Crippen LogP contribution in [0.3, 0.4) is 0 Å². The molecule has 0 unspecified atom stereocenters. The molecule has 4 N–H and O–H groups in total. The van der Waals surface area contributed by atoms with E-state index in [9.17, 15) is 16.8 Å². The minimum absolute atomic E-state index is 0. The minimum Gasteiger partial charge on any atom is -0.497 e. The van der Waals surface area contributed by atoms with E-state index in [2.05, 4.69) is 9.44 Å². The van der Waals surface area contributed by atoms with Crippen LogP contribution in [-0.2, 0) is 20.0 Å². The van der Waals surface area contributed by atoms with Crippen molar-refractivity contribution in [3.63, 3.8) is 0 Å². The van der Waals surface area contributed by atoms with E-state index < -0.39 is 25.6 Å². The molecule has 0 aliphatic carbocycles. The van der Waals surface area contributed by atoms with Crippen molar-refractivity contribution in [2.75, 3.05) is 24.1 Å². The van der Waals surface area contributed by atoms with Gasteiger partial charge in [-0.1, -0.05) is 13.8 Å². The topological polar surface area (TPSA) is 128 Å². The van der Waals surface area contributed by atoms with Crippen LogP contribution in [0.15, 0.2) is 23.1 Å². The first kappa shape index (κ1) is 24.9. The predicted octanol–water partition coefficient (Wildman–Crippen LogP) is 1.67. The average Bonchev–Trinajstić information content (AvgIpc) is 2.59. The molecule has 0 saturated carbocycles. The van der Waals surface area contributed by atoms with Gasteiger partial charge in [-0.2, -0.15) is 0 Å². The zero-order valence-electron chi connectivity index (χ0n) is 15.4. The Hall–Kier alpha value is -1.07. The van der Waals surface area contributed by atoms with E-state index in [0.29, 0.717) is 18.6 Å². The fraction of sp³-hybridized carbons (Fsp3) is 0.600. The van der Waals surface area contributed by atoms with Crippen molar-refractivity contribution < 1.29 is 21.6 Å². The first-order valence-corrected chi connectivity index (χ1v) is 11.1. The molecule has 152 valence electrons. The lowest BCUT2D eigenvalue weighted by Crippen LogP contribution is -2.52. The van der Waals surface area contributed by atoms with Crippen molar-refractivity contribution in [2.24, 2.45) is 5.73 Å². The highest BCUT2D eigenvalue weighted by Gasteiger charge is 2.32. The largest absolute Gasteiger partial charge is 0.497 e. The molecule has 0 saturated heterocycles. The fourth-order valence-corrected chi connectivity index (χ4v) is 4.67. The number of methoxy groups -OCH3 is 1. The van der Waals surface area contributed by atoms with E-state index in [1.165, 1.54) is 32.2 Å². The first-order valence-electron chi connectivity index (χ1n) is 8.01. The molecule has 0 atom stereocenters. The summed E-state index contributed by atoms with van der Waals surface area (Å²) in [5.41, 5.74) is 4.91. The summed E-state index contributed by atoms with van der Waals surface area (Å²) in [5, 5.41) is 0. The van der Waals surface area contributed by atoms with Gasteiger partial charge in [0.15, 0.2) is 0 Å². The molecule has 0 heterocycles. The van der Waals surface area contributed by atoms with Crippen LogP contribution in [0.1, 0.15) is 33.6 Å². The van der Waals surface area contributed by atoms with Crippen molar-refractivity contribution in [2.45, 2.75) is 44.0 Å². The molecule has 0 amide bonds. The van der Waals surface area contributed by atoms with E-state index >= 15 is 0 Å². The normalized spacial score (nSPS) is 12.3. The van der Waals surface area contributed by atoms with Crippen LogP contribution in [0.2, 0.25) is 0 Å². The van der Waals surface area contributed by atoms with Crippen LogP contribution in [0.5, 0.6) is 5.75 Å². The lowest BCUT2D eigenvalue weighted by atomic mass is 9.95. The Bertz CT molecular complexity index is 785. The second-order valence-electron chi connectivity index (χ2n) is 5.66. The summed E-state index contributed by atoms with van der Waals surface area (Å²) in [5.74, 6) is 0.150. The van der Waals surface area contributed by atoms with Crippen molar-refractivity contribution in [3.05, 3.63) is 18.2 Å². The third-order valence-corrected chi connectivity index (χ3v) is 7.14. The van der Waals surface area contributed by atoms with Crippen LogP contribution in [0.4, 0.5) is 5.69 Å². The third-order valence-electron chi connectivity index (χ3n) is 4.22. The van der Waals surface area contributed by atoms with Crippen LogP contribution < -0.4 is 19.9 Å². The van der Waals surface area contributed by atoms with Crippen molar-refractivity contribution in [3.8, 4) is 5.75 Å². The summed E-state index contributed by atoms with van der Waals surface area (Å²) in [7, 11) is -6.26. The Morgan fingerprint density at radius 1 is 1.12 bits per heavy atom. The number of ether oxygens (including phenoxy) is 1. The van der Waals surface area contributed by atoms with Gasteiger partial charge in [-0.3, -0.25) is 4.72 Å². The van der Waals surface area contributed by atoms with E-state index in [-0.39, 0.29) is 35.3 Å². The maximum Gasteiger partial charge on any atom is 0.243 e. The first-order chi connectivity index (χ1) is 11.6. The molecule has 1 rings (SSSR count). The van der Waals surface area contributed by atoms with Gasteiger partial charge >= 0.3 is 0 Å². The van der Waals surface area contributed by atoms with Gasteiger partial charge in [0.1, 0.15) is 10.6 Å². The van der Waals surface area contributed by atoms with Crippen molar-refractivity contribution in [1.29, 1.82) is 0 Å². The van der Waals surface area contributed by atoms with Gasteiger partial charge in [0, 0.05) is 18.2 Å². The number of halogens is 1. The second-order valence-corrected chi connectivity index (χ2v) is 9.33. The highest BCUT2D eigenvalue weighted by molar-refractivity contribution is 7.93. The third kappa shape index (κ3) is 5.98. The molecular formula is C15H28ClN3O5S2. The van der Waals surface area contributed by atoms with Crippen LogP contribution >= 0.6 is 12.4 Å². The quantitative estimate of drug-likeness (QED) is 0.519. The highest BCUT2D eigenvalue weighted by atomic mass is 35.5. The Labute approximate surface area is 162 Å². The van der Waals surface area contributed by atoms with Crippen LogP contribution in [-0.4, -0.2) is 41.8 Å². The van der Waals surface area contributed by atoms with E-state index in [0.717, 1.165) is 0 Å². The number of hydrogen-bond acceptors (Lipinski definition) is 6. The van der Waals surface area contributed by atoms with Crippen molar-refractivity contribution in [1.82, 2.24) is 4.72 Å². The van der Waals surface area contributed by atoms with Gasteiger partial charge < -0.3 is 10.5 Å². The predicted molar refractivity (Wildman–Crippen MR) is 106 cm³/mol. The minimum atomic E-state index is -4.00. The Kier molecular flexibility index (Phi) is 9.35. The number of sulfonamides is 2. The van der Waals surface area contributed by atoms with Gasteiger partial charge in [0.25, 0.3) is 0 Å². The monoisotopic (exact) mass is 429 g/mol. The number of rotatable bonds is 10. The second kappa shape index (κ2) is 9.75. The number of anilines is 1. The molecule has 0 bridgehead atoms. The van der Waals surface area contributed by atoms with E-state index in [1.54, 1.807) is 0 Å². The molecule has 1 aromatic carbocycles. The summed E-state index contributed by atoms with van der Waals surface area (Å²) in [6.45, 7) is 5.27. The maximum atomic E-state index is 12.9. The molecule has 8 nitrogen and oxygen atoms in total. The summed E-state index contributed by atoms with van der Waals surface area (Å²) in [6.07, 6.45) is 1.01. The number of hydrogen-bond donors (Lipinski definition) is 3.